The summed E-state index contributed by atoms with van der Waals surface area (Å²) in [4.78, 5) is 0.0426. The molecule has 1 aromatic heterocycles. The number of hydrazone groups is 1. The monoisotopic (exact) mass is 437 g/mol. The fourth-order valence-corrected chi connectivity index (χ4v) is 3.57. The van der Waals surface area contributed by atoms with Gasteiger partial charge in [0.1, 0.15) is 5.76 Å². The highest BCUT2D eigenvalue weighted by molar-refractivity contribution is 7.89. The van der Waals surface area contributed by atoms with E-state index in [0.717, 1.165) is 6.07 Å². The van der Waals surface area contributed by atoms with E-state index in [9.17, 15) is 21.6 Å². The molecule has 0 aliphatic heterocycles. The third-order valence-electron chi connectivity index (χ3n) is 4.18. The molecule has 0 fully saturated rings. The maximum atomic E-state index is 13.0. The zero-order valence-electron chi connectivity index (χ0n) is 15.8. The number of sulfonamides is 1. The minimum Gasteiger partial charge on any atom is -0.468 e. The highest BCUT2D eigenvalue weighted by atomic mass is 32.2. The molecule has 30 heavy (non-hydrogen) atoms. The third-order valence-corrected chi connectivity index (χ3v) is 5.59. The predicted octanol–water partition coefficient (Wildman–Crippen LogP) is 4.61. The first kappa shape index (κ1) is 21.6. The summed E-state index contributed by atoms with van der Waals surface area (Å²) in [5.74, 6) is 0.475. The Morgan fingerprint density at radius 2 is 1.73 bits per heavy atom. The van der Waals surface area contributed by atoms with Gasteiger partial charge in [0.25, 0.3) is 0 Å². The molecule has 10 heteroatoms. The van der Waals surface area contributed by atoms with E-state index in [-0.39, 0.29) is 17.1 Å². The van der Waals surface area contributed by atoms with Crippen LogP contribution in [0.15, 0.2) is 81.3 Å². The van der Waals surface area contributed by atoms with Crippen molar-refractivity contribution in [1.29, 1.82) is 0 Å². The Bertz CT molecular complexity index is 1120. The van der Waals surface area contributed by atoms with Crippen LogP contribution in [-0.4, -0.2) is 14.1 Å². The Kier molecular flexibility index (Phi) is 6.28. The first-order valence-electron chi connectivity index (χ1n) is 8.76. The van der Waals surface area contributed by atoms with Gasteiger partial charge >= 0.3 is 6.18 Å². The zero-order valence-corrected chi connectivity index (χ0v) is 16.6. The van der Waals surface area contributed by atoms with E-state index >= 15 is 0 Å². The van der Waals surface area contributed by atoms with Crippen molar-refractivity contribution < 1.29 is 26.0 Å². The summed E-state index contributed by atoms with van der Waals surface area (Å²) in [5, 5.41) is 3.99. The van der Waals surface area contributed by atoms with Crippen LogP contribution >= 0.6 is 0 Å². The Balaban J connectivity index is 1.71. The van der Waals surface area contributed by atoms with Gasteiger partial charge in [-0.15, -0.1) is 0 Å². The smallest absolute Gasteiger partial charge is 0.418 e. The van der Waals surface area contributed by atoms with E-state index < -0.39 is 21.8 Å². The Labute approximate surface area is 171 Å². The fraction of sp³-hybridized carbons (Fsp3) is 0.150. The normalized spacial score (nSPS) is 12.7. The van der Waals surface area contributed by atoms with Crippen molar-refractivity contribution in [2.75, 3.05) is 5.43 Å². The number of alkyl halides is 3. The minimum absolute atomic E-state index is 0.0140. The van der Waals surface area contributed by atoms with Gasteiger partial charge in [-0.2, -0.15) is 18.3 Å². The summed E-state index contributed by atoms with van der Waals surface area (Å²) in [7, 11) is -3.75. The van der Waals surface area contributed by atoms with Gasteiger partial charge in [0.15, 0.2) is 0 Å². The van der Waals surface area contributed by atoms with Crippen LogP contribution in [0.2, 0.25) is 0 Å². The molecule has 2 N–H and O–H groups in total. The van der Waals surface area contributed by atoms with Gasteiger partial charge in [-0.3, -0.25) is 5.43 Å². The molecular formula is C20H18F3N3O3S. The number of rotatable bonds is 7. The van der Waals surface area contributed by atoms with Gasteiger partial charge in [-0.05, 0) is 48.9 Å². The lowest BCUT2D eigenvalue weighted by atomic mass is 10.1. The number of anilines is 1. The Hall–Kier alpha value is -3.11. The number of nitrogens with one attached hydrogen (secondary N) is 2. The molecule has 6 nitrogen and oxygen atoms in total. The zero-order chi connectivity index (χ0) is 21.8. The molecule has 0 amide bonds. The Morgan fingerprint density at radius 3 is 2.37 bits per heavy atom. The first-order valence-corrected chi connectivity index (χ1v) is 10.2. The number of nitrogens with zero attached hydrogens (tertiary/aromatic N) is 1. The second-order valence-electron chi connectivity index (χ2n) is 6.28. The second-order valence-corrected chi connectivity index (χ2v) is 8.05. The van der Waals surface area contributed by atoms with E-state index in [1.807, 2.05) is 0 Å². The molecule has 158 valence electrons. The van der Waals surface area contributed by atoms with E-state index in [2.05, 4.69) is 15.2 Å². The molecule has 2 aromatic carbocycles. The van der Waals surface area contributed by atoms with Crippen molar-refractivity contribution in [2.24, 2.45) is 5.10 Å². The summed E-state index contributed by atoms with van der Waals surface area (Å²) in [5.41, 5.74) is 2.36. The van der Waals surface area contributed by atoms with Crippen LogP contribution in [0.1, 0.15) is 23.8 Å². The summed E-state index contributed by atoms with van der Waals surface area (Å²) >= 11 is 0. The molecule has 0 aliphatic rings. The summed E-state index contributed by atoms with van der Waals surface area (Å²) in [6.45, 7) is 1.61. The molecule has 0 saturated carbocycles. The predicted molar refractivity (Wildman–Crippen MR) is 106 cm³/mol. The van der Waals surface area contributed by atoms with Crippen molar-refractivity contribution in [3.8, 4) is 0 Å². The molecule has 0 unspecified atom stereocenters. The highest BCUT2D eigenvalue weighted by Gasteiger charge is 2.33. The third kappa shape index (κ3) is 5.28. The number of hydrogen-bond donors (Lipinski definition) is 2. The topological polar surface area (TPSA) is 83.7 Å². The Morgan fingerprint density at radius 1 is 1.03 bits per heavy atom. The van der Waals surface area contributed by atoms with Gasteiger partial charge in [0.05, 0.1) is 34.7 Å². The molecule has 1 heterocycles. The molecule has 0 bridgehead atoms. The summed E-state index contributed by atoms with van der Waals surface area (Å²) in [6, 6.07) is 14.1. The molecule has 0 saturated heterocycles. The number of para-hydroxylation sites is 1. The van der Waals surface area contributed by atoms with Crippen molar-refractivity contribution in [2.45, 2.75) is 24.5 Å². The van der Waals surface area contributed by atoms with Crippen LogP contribution in [0, 0.1) is 0 Å². The van der Waals surface area contributed by atoms with Crippen LogP contribution in [-0.2, 0) is 22.7 Å². The molecule has 0 atom stereocenters. The van der Waals surface area contributed by atoms with Crippen LogP contribution in [0.25, 0.3) is 0 Å². The maximum absolute atomic E-state index is 13.0. The largest absolute Gasteiger partial charge is 0.468 e. The lowest BCUT2D eigenvalue weighted by Crippen LogP contribution is -2.23. The summed E-state index contributed by atoms with van der Waals surface area (Å²) < 4.78 is 71.4. The first-order chi connectivity index (χ1) is 14.2. The van der Waals surface area contributed by atoms with Crippen LogP contribution in [0.5, 0.6) is 0 Å². The SMILES string of the molecule is C/C(=N\Nc1ccccc1C(F)(F)F)c1ccc(S(=O)(=O)NCc2ccco2)cc1. The number of benzene rings is 2. The minimum atomic E-state index is -4.51. The molecular weight excluding hydrogens is 419 g/mol. The van der Waals surface area contributed by atoms with Gasteiger partial charge in [0.2, 0.25) is 10.0 Å². The number of hydrogen-bond acceptors (Lipinski definition) is 5. The van der Waals surface area contributed by atoms with Crippen LogP contribution in [0.3, 0.4) is 0 Å². The second kappa shape index (κ2) is 8.72. The highest BCUT2D eigenvalue weighted by Crippen LogP contribution is 2.34. The number of furan rings is 1. The quantitative estimate of drug-likeness (QED) is 0.418. The van der Waals surface area contributed by atoms with Crippen LogP contribution < -0.4 is 10.1 Å². The van der Waals surface area contributed by atoms with E-state index in [0.29, 0.717) is 17.0 Å². The number of halogens is 3. The average molecular weight is 437 g/mol. The molecule has 0 aliphatic carbocycles. The van der Waals surface area contributed by atoms with E-state index in [1.54, 1.807) is 19.1 Å². The summed E-state index contributed by atoms with van der Waals surface area (Å²) in [6.07, 6.45) is -3.06. The van der Waals surface area contributed by atoms with Crippen molar-refractivity contribution in [3.05, 3.63) is 83.8 Å². The van der Waals surface area contributed by atoms with Crippen molar-refractivity contribution in [3.63, 3.8) is 0 Å². The maximum Gasteiger partial charge on any atom is 0.418 e. The molecule has 3 rings (SSSR count). The molecule has 0 spiro atoms. The van der Waals surface area contributed by atoms with Crippen molar-refractivity contribution >= 4 is 21.4 Å². The average Bonchev–Trinajstić information content (AvgIpc) is 3.24. The fourth-order valence-electron chi connectivity index (χ4n) is 2.57. The van der Waals surface area contributed by atoms with Crippen molar-refractivity contribution in [1.82, 2.24) is 4.72 Å². The lowest BCUT2D eigenvalue weighted by Gasteiger charge is -2.12. The standard InChI is InChI=1S/C20H18F3N3O3S/c1-14(25-26-19-7-3-2-6-18(19)20(21,22)23)15-8-10-17(11-9-15)30(27,28)24-13-16-5-4-12-29-16/h2-12,24,26H,13H2,1H3/b25-14+. The van der Waals surface area contributed by atoms with Gasteiger partial charge in [0, 0.05) is 0 Å². The molecule has 0 radical (unpaired) electrons. The van der Waals surface area contributed by atoms with E-state index in [1.165, 1.54) is 48.7 Å². The molecule has 3 aromatic rings. The van der Waals surface area contributed by atoms with Gasteiger partial charge in [-0.1, -0.05) is 24.3 Å². The van der Waals surface area contributed by atoms with Gasteiger partial charge < -0.3 is 4.42 Å². The lowest BCUT2D eigenvalue weighted by molar-refractivity contribution is -0.136. The van der Waals surface area contributed by atoms with Crippen LogP contribution in [0.4, 0.5) is 18.9 Å². The van der Waals surface area contributed by atoms with E-state index in [4.69, 9.17) is 4.42 Å². The van der Waals surface area contributed by atoms with Gasteiger partial charge in [-0.25, -0.2) is 13.1 Å².